The second-order valence-corrected chi connectivity index (χ2v) is 5.98. The molecule has 1 aromatic rings. The Morgan fingerprint density at radius 3 is 2.73 bits per heavy atom. The lowest BCUT2D eigenvalue weighted by atomic mass is 10.0. The maximum absolute atomic E-state index is 13.2. The van der Waals surface area contributed by atoms with Gasteiger partial charge in [0.05, 0.1) is 24.9 Å². The Morgan fingerprint density at radius 1 is 1.27 bits per heavy atom. The van der Waals surface area contributed by atoms with Crippen molar-refractivity contribution in [2.45, 2.75) is 31.5 Å². The molecule has 0 spiro atoms. The van der Waals surface area contributed by atoms with Gasteiger partial charge in [0.25, 0.3) is 0 Å². The van der Waals surface area contributed by atoms with Crippen molar-refractivity contribution in [1.29, 1.82) is 0 Å². The molecular weight excluding hydrogens is 295 g/mol. The summed E-state index contributed by atoms with van der Waals surface area (Å²) >= 11 is 0. The summed E-state index contributed by atoms with van der Waals surface area (Å²) in [6.45, 7) is 2.43. The van der Waals surface area contributed by atoms with Crippen LogP contribution in [0.1, 0.15) is 24.0 Å². The molecule has 1 N–H and O–H groups in total. The molecule has 0 bridgehead atoms. The zero-order valence-corrected chi connectivity index (χ0v) is 12.3. The molecule has 1 aliphatic carbocycles. The van der Waals surface area contributed by atoms with Crippen LogP contribution in [0.5, 0.6) is 5.75 Å². The second kappa shape index (κ2) is 6.46. The minimum atomic E-state index is -4.40. The lowest BCUT2D eigenvalue weighted by Crippen LogP contribution is -2.39. The summed E-state index contributed by atoms with van der Waals surface area (Å²) < 4.78 is 50.6. The molecule has 1 saturated heterocycles. The Hall–Kier alpha value is -1.27. The highest BCUT2D eigenvalue weighted by Crippen LogP contribution is 2.38. The molecule has 22 heavy (non-hydrogen) atoms. The summed E-state index contributed by atoms with van der Waals surface area (Å²) in [5.41, 5.74) is -0.0609. The maximum atomic E-state index is 13.2. The summed E-state index contributed by atoms with van der Waals surface area (Å²) in [5.74, 6) is 0.355. The van der Waals surface area contributed by atoms with Crippen LogP contribution in [0.25, 0.3) is 0 Å². The number of alkyl halides is 3. The van der Waals surface area contributed by atoms with E-state index in [1.54, 1.807) is 6.07 Å². The number of hydrogen-bond acceptors (Lipinski definition) is 3. The fourth-order valence-corrected chi connectivity index (χ4v) is 2.56. The zero-order chi connectivity index (χ0) is 15.6. The van der Waals surface area contributed by atoms with Gasteiger partial charge in [0, 0.05) is 13.1 Å². The van der Waals surface area contributed by atoms with Gasteiger partial charge in [-0.15, -0.1) is 0 Å². The van der Waals surface area contributed by atoms with Crippen LogP contribution in [-0.2, 0) is 17.3 Å². The molecule has 1 saturated carbocycles. The number of morpholine rings is 1. The number of hydrogen-bond donors (Lipinski definition) is 1. The van der Waals surface area contributed by atoms with Gasteiger partial charge in [-0.25, -0.2) is 0 Å². The first-order valence-corrected chi connectivity index (χ1v) is 7.67. The van der Waals surface area contributed by atoms with Gasteiger partial charge in [-0.2, -0.15) is 13.2 Å². The van der Waals surface area contributed by atoms with E-state index in [1.807, 2.05) is 0 Å². The predicted octanol–water partition coefficient (Wildman–Crippen LogP) is 3.03. The van der Waals surface area contributed by atoms with E-state index in [4.69, 9.17) is 9.47 Å². The van der Waals surface area contributed by atoms with Crippen molar-refractivity contribution in [3.63, 3.8) is 0 Å². The Bertz CT molecular complexity index is 509. The quantitative estimate of drug-likeness (QED) is 0.906. The summed E-state index contributed by atoms with van der Waals surface area (Å²) in [7, 11) is 0. The smallest absolute Gasteiger partial charge is 0.419 e. The third-order valence-corrected chi connectivity index (χ3v) is 3.99. The summed E-state index contributed by atoms with van der Waals surface area (Å²) in [5, 5.41) is 3.18. The van der Waals surface area contributed by atoms with Crippen LogP contribution in [0.3, 0.4) is 0 Å². The first-order valence-electron chi connectivity index (χ1n) is 7.67. The van der Waals surface area contributed by atoms with E-state index in [-0.39, 0.29) is 11.9 Å². The summed E-state index contributed by atoms with van der Waals surface area (Å²) in [4.78, 5) is 0. The Balaban J connectivity index is 1.73. The zero-order valence-electron chi connectivity index (χ0n) is 12.3. The third kappa shape index (κ3) is 4.14. The van der Waals surface area contributed by atoms with Gasteiger partial charge < -0.3 is 14.8 Å². The van der Waals surface area contributed by atoms with Crippen molar-refractivity contribution in [3.8, 4) is 5.75 Å². The first kappa shape index (κ1) is 15.6. The molecule has 3 rings (SSSR count). The topological polar surface area (TPSA) is 30.5 Å². The molecule has 122 valence electrons. The SMILES string of the molecule is FC(F)(F)c1cc(C[C@@H]2CNCCO2)ccc1OCC1CC1. The molecule has 2 aliphatic rings. The lowest BCUT2D eigenvalue weighted by molar-refractivity contribution is -0.139. The molecule has 0 amide bonds. The number of halogens is 3. The van der Waals surface area contributed by atoms with Gasteiger partial charge in [-0.05, 0) is 42.9 Å². The van der Waals surface area contributed by atoms with Gasteiger partial charge in [0.1, 0.15) is 5.75 Å². The molecule has 1 heterocycles. The molecule has 0 aromatic heterocycles. The van der Waals surface area contributed by atoms with Crippen LogP contribution >= 0.6 is 0 Å². The van der Waals surface area contributed by atoms with E-state index in [2.05, 4.69) is 5.32 Å². The number of ether oxygens (including phenoxy) is 2. The van der Waals surface area contributed by atoms with Crippen LogP contribution in [0, 0.1) is 5.92 Å². The van der Waals surface area contributed by atoms with E-state index in [9.17, 15) is 13.2 Å². The molecule has 1 atom stereocenters. The Kier molecular flexibility index (Phi) is 4.59. The van der Waals surface area contributed by atoms with E-state index >= 15 is 0 Å². The van der Waals surface area contributed by atoms with Gasteiger partial charge in [0.15, 0.2) is 0 Å². The molecule has 2 fully saturated rings. The van der Waals surface area contributed by atoms with Crippen molar-refractivity contribution in [2.24, 2.45) is 5.92 Å². The van der Waals surface area contributed by atoms with E-state index in [0.29, 0.717) is 37.7 Å². The molecular formula is C16H20F3NO2. The molecule has 1 aliphatic heterocycles. The number of nitrogens with one attached hydrogen (secondary N) is 1. The molecule has 1 aromatic carbocycles. The van der Waals surface area contributed by atoms with Crippen LogP contribution in [-0.4, -0.2) is 32.4 Å². The molecule has 0 radical (unpaired) electrons. The van der Waals surface area contributed by atoms with Gasteiger partial charge in [-0.3, -0.25) is 0 Å². The summed E-state index contributed by atoms with van der Waals surface area (Å²) in [6, 6.07) is 4.34. The van der Waals surface area contributed by atoms with Crippen LogP contribution in [0.2, 0.25) is 0 Å². The third-order valence-electron chi connectivity index (χ3n) is 3.99. The molecule has 0 unspecified atom stereocenters. The Labute approximate surface area is 127 Å². The van der Waals surface area contributed by atoms with Crippen LogP contribution in [0.15, 0.2) is 18.2 Å². The lowest BCUT2D eigenvalue weighted by Gasteiger charge is -2.24. The highest BCUT2D eigenvalue weighted by atomic mass is 19.4. The number of rotatable bonds is 5. The normalized spacial score (nSPS) is 22.6. The summed E-state index contributed by atoms with van der Waals surface area (Å²) in [6.07, 6.45) is -1.91. The van der Waals surface area contributed by atoms with Crippen LogP contribution < -0.4 is 10.1 Å². The predicted molar refractivity (Wildman–Crippen MR) is 76.0 cm³/mol. The van der Waals surface area contributed by atoms with Gasteiger partial charge in [0.2, 0.25) is 0 Å². The Morgan fingerprint density at radius 2 is 2.09 bits per heavy atom. The molecule has 3 nitrogen and oxygen atoms in total. The second-order valence-electron chi connectivity index (χ2n) is 5.98. The highest BCUT2D eigenvalue weighted by Gasteiger charge is 2.35. The van der Waals surface area contributed by atoms with Crippen molar-refractivity contribution >= 4 is 0 Å². The minimum absolute atomic E-state index is 0.0640. The van der Waals surface area contributed by atoms with Crippen molar-refractivity contribution in [2.75, 3.05) is 26.3 Å². The van der Waals surface area contributed by atoms with E-state index < -0.39 is 11.7 Å². The fraction of sp³-hybridized carbons (Fsp3) is 0.625. The first-order chi connectivity index (χ1) is 10.5. The van der Waals surface area contributed by atoms with Gasteiger partial charge >= 0.3 is 6.18 Å². The highest BCUT2D eigenvalue weighted by molar-refractivity contribution is 5.39. The standard InChI is InChI=1S/C16H20F3NO2/c17-16(18,19)14-8-12(7-13-9-20-5-6-21-13)3-4-15(14)22-10-11-1-2-11/h3-4,8,11,13,20H,1-2,5-7,9-10H2/t13-/m1/s1. The fourth-order valence-electron chi connectivity index (χ4n) is 2.56. The average Bonchev–Trinajstić information content (AvgIpc) is 3.30. The van der Waals surface area contributed by atoms with E-state index in [0.717, 1.165) is 19.4 Å². The monoisotopic (exact) mass is 315 g/mol. The maximum Gasteiger partial charge on any atom is 0.419 e. The minimum Gasteiger partial charge on any atom is -0.493 e. The van der Waals surface area contributed by atoms with Gasteiger partial charge in [-0.1, -0.05) is 6.07 Å². The van der Waals surface area contributed by atoms with Crippen molar-refractivity contribution < 1.29 is 22.6 Å². The van der Waals surface area contributed by atoms with Crippen LogP contribution in [0.4, 0.5) is 13.2 Å². The van der Waals surface area contributed by atoms with E-state index in [1.165, 1.54) is 12.1 Å². The largest absolute Gasteiger partial charge is 0.493 e. The molecule has 6 heteroatoms. The number of benzene rings is 1. The average molecular weight is 315 g/mol. The van der Waals surface area contributed by atoms with Crippen molar-refractivity contribution in [1.82, 2.24) is 5.32 Å². The van der Waals surface area contributed by atoms with Crippen molar-refractivity contribution in [3.05, 3.63) is 29.3 Å².